The first-order chi connectivity index (χ1) is 8.49. The van der Waals surface area contributed by atoms with E-state index < -0.39 is 5.60 Å². The van der Waals surface area contributed by atoms with Crippen molar-refractivity contribution < 1.29 is 9.90 Å². The average molecular weight is 247 g/mol. The summed E-state index contributed by atoms with van der Waals surface area (Å²) in [6.45, 7) is 5.05. The van der Waals surface area contributed by atoms with Gasteiger partial charge in [-0.1, -0.05) is 30.3 Å². The summed E-state index contributed by atoms with van der Waals surface area (Å²) in [4.78, 5) is 14.1. The smallest absolute Gasteiger partial charge is 0.151 e. The van der Waals surface area contributed by atoms with E-state index in [2.05, 4.69) is 4.90 Å². The van der Waals surface area contributed by atoms with Crippen LogP contribution in [0, 0.1) is 0 Å². The second-order valence-electron chi connectivity index (χ2n) is 5.46. The number of hydrogen-bond donors (Lipinski definition) is 1. The Morgan fingerprint density at radius 2 is 1.83 bits per heavy atom. The molecule has 1 aliphatic heterocycles. The van der Waals surface area contributed by atoms with Gasteiger partial charge in [-0.15, -0.1) is 0 Å². The molecule has 1 heterocycles. The molecule has 18 heavy (non-hydrogen) atoms. The fourth-order valence-corrected chi connectivity index (χ4v) is 2.60. The van der Waals surface area contributed by atoms with Crippen LogP contribution in [0.4, 0.5) is 0 Å². The first-order valence-corrected chi connectivity index (χ1v) is 6.51. The van der Waals surface area contributed by atoms with E-state index in [1.54, 1.807) is 6.92 Å². The molecule has 1 aromatic rings. The molecule has 1 unspecified atom stereocenters. The number of benzene rings is 1. The van der Waals surface area contributed by atoms with E-state index in [9.17, 15) is 9.90 Å². The Balaban J connectivity index is 2.15. The van der Waals surface area contributed by atoms with E-state index in [1.165, 1.54) is 0 Å². The highest BCUT2D eigenvalue weighted by atomic mass is 16.3. The number of aliphatic hydroxyl groups is 1. The van der Waals surface area contributed by atoms with Gasteiger partial charge in [0.2, 0.25) is 0 Å². The molecule has 0 aliphatic carbocycles. The Morgan fingerprint density at radius 1 is 1.28 bits per heavy atom. The first-order valence-electron chi connectivity index (χ1n) is 6.51. The van der Waals surface area contributed by atoms with Gasteiger partial charge >= 0.3 is 0 Å². The van der Waals surface area contributed by atoms with Crippen molar-refractivity contribution in [3.63, 3.8) is 0 Å². The molecular formula is C15H21NO2. The summed E-state index contributed by atoms with van der Waals surface area (Å²) in [6, 6.07) is 9.72. The van der Waals surface area contributed by atoms with Crippen LogP contribution >= 0.6 is 0 Å². The maximum Gasteiger partial charge on any atom is 0.151 e. The van der Waals surface area contributed by atoms with Crippen LogP contribution in [0.5, 0.6) is 0 Å². The topological polar surface area (TPSA) is 40.5 Å². The highest BCUT2D eigenvalue weighted by Gasteiger charge is 2.33. The van der Waals surface area contributed by atoms with Gasteiger partial charge in [0.15, 0.2) is 5.78 Å². The van der Waals surface area contributed by atoms with Gasteiger partial charge in [-0.3, -0.25) is 9.69 Å². The van der Waals surface area contributed by atoms with Crippen molar-refractivity contribution in [1.29, 1.82) is 0 Å². The van der Waals surface area contributed by atoms with Crippen LogP contribution in [-0.2, 0) is 4.79 Å². The molecule has 0 radical (unpaired) electrons. The number of carbonyl (C=O) groups is 1. The maximum absolute atomic E-state index is 11.9. The number of nitrogens with zero attached hydrogens (tertiary/aromatic N) is 1. The van der Waals surface area contributed by atoms with Gasteiger partial charge in [0.1, 0.15) is 0 Å². The zero-order valence-corrected chi connectivity index (χ0v) is 11.1. The number of Topliss-reactive ketones (excluding diaryl/α,β-unsaturated/α-hetero) is 1. The number of piperidine rings is 1. The van der Waals surface area contributed by atoms with Crippen molar-refractivity contribution >= 4 is 5.78 Å². The lowest BCUT2D eigenvalue weighted by Gasteiger charge is -2.39. The minimum Gasteiger partial charge on any atom is -0.390 e. The second kappa shape index (κ2) is 5.21. The van der Waals surface area contributed by atoms with E-state index >= 15 is 0 Å². The van der Waals surface area contributed by atoms with Crippen molar-refractivity contribution in [1.82, 2.24) is 4.90 Å². The standard InChI is InChI=1S/C15H21NO2/c1-12(17)14(13-6-4-3-5-7-13)16-10-8-15(2,18)9-11-16/h3-7,14,18H,8-11H2,1-2H3. The van der Waals surface area contributed by atoms with E-state index in [0.717, 1.165) is 31.5 Å². The predicted molar refractivity (Wildman–Crippen MR) is 71.3 cm³/mol. The molecule has 1 N–H and O–H groups in total. The molecule has 3 heteroatoms. The summed E-state index contributed by atoms with van der Waals surface area (Å²) in [7, 11) is 0. The van der Waals surface area contributed by atoms with Crippen molar-refractivity contribution in [3.05, 3.63) is 35.9 Å². The summed E-state index contributed by atoms with van der Waals surface area (Å²) >= 11 is 0. The first kappa shape index (κ1) is 13.2. The van der Waals surface area contributed by atoms with Crippen LogP contribution in [0.3, 0.4) is 0 Å². The monoisotopic (exact) mass is 247 g/mol. The molecule has 0 bridgehead atoms. The van der Waals surface area contributed by atoms with Crippen molar-refractivity contribution in [2.75, 3.05) is 13.1 Å². The lowest BCUT2D eigenvalue weighted by Crippen LogP contribution is -2.45. The van der Waals surface area contributed by atoms with Crippen LogP contribution in [0.25, 0.3) is 0 Å². The largest absolute Gasteiger partial charge is 0.390 e. The van der Waals surface area contributed by atoms with E-state index in [0.29, 0.717) is 0 Å². The van der Waals surface area contributed by atoms with Gasteiger partial charge in [0.25, 0.3) is 0 Å². The number of rotatable bonds is 3. The maximum atomic E-state index is 11.9. The highest BCUT2D eigenvalue weighted by Crippen LogP contribution is 2.29. The summed E-state index contributed by atoms with van der Waals surface area (Å²) < 4.78 is 0. The molecule has 0 spiro atoms. The summed E-state index contributed by atoms with van der Waals surface area (Å²) in [5.74, 6) is 0.169. The van der Waals surface area contributed by atoms with Crippen LogP contribution in [0.15, 0.2) is 30.3 Å². The molecule has 1 aliphatic rings. The van der Waals surface area contributed by atoms with Crippen molar-refractivity contribution in [2.45, 2.75) is 38.3 Å². The van der Waals surface area contributed by atoms with Crippen LogP contribution in [0.2, 0.25) is 0 Å². The molecule has 2 rings (SSSR count). The van der Waals surface area contributed by atoms with E-state index in [1.807, 2.05) is 37.3 Å². The van der Waals surface area contributed by atoms with Gasteiger partial charge in [0, 0.05) is 13.1 Å². The molecule has 1 atom stereocenters. The van der Waals surface area contributed by atoms with Gasteiger partial charge in [-0.25, -0.2) is 0 Å². The quantitative estimate of drug-likeness (QED) is 0.890. The molecule has 3 nitrogen and oxygen atoms in total. The number of hydrogen-bond acceptors (Lipinski definition) is 3. The molecule has 98 valence electrons. The predicted octanol–water partition coefficient (Wildman–Crippen LogP) is 2.16. The lowest BCUT2D eigenvalue weighted by atomic mass is 9.91. The van der Waals surface area contributed by atoms with E-state index in [-0.39, 0.29) is 11.8 Å². The van der Waals surface area contributed by atoms with E-state index in [4.69, 9.17) is 0 Å². The third kappa shape index (κ3) is 2.98. The van der Waals surface area contributed by atoms with Crippen LogP contribution in [-0.4, -0.2) is 34.5 Å². The summed E-state index contributed by atoms with van der Waals surface area (Å²) in [5, 5.41) is 9.97. The second-order valence-corrected chi connectivity index (χ2v) is 5.46. The zero-order valence-electron chi connectivity index (χ0n) is 11.1. The Labute approximate surface area is 108 Å². The molecule has 0 saturated carbocycles. The minimum atomic E-state index is -0.575. The third-order valence-corrected chi connectivity index (χ3v) is 3.74. The zero-order chi connectivity index (χ0) is 13.2. The Morgan fingerprint density at radius 3 is 2.33 bits per heavy atom. The lowest BCUT2D eigenvalue weighted by molar-refractivity contribution is -0.124. The summed E-state index contributed by atoms with van der Waals surface area (Å²) in [6.07, 6.45) is 1.45. The average Bonchev–Trinajstić information content (AvgIpc) is 2.33. The normalized spacial score (nSPS) is 21.5. The van der Waals surface area contributed by atoms with Crippen molar-refractivity contribution in [2.24, 2.45) is 0 Å². The van der Waals surface area contributed by atoms with Crippen molar-refractivity contribution in [3.8, 4) is 0 Å². The fourth-order valence-electron chi connectivity index (χ4n) is 2.60. The van der Waals surface area contributed by atoms with Gasteiger partial charge in [-0.05, 0) is 32.3 Å². The Bertz CT molecular complexity index is 404. The molecule has 0 aromatic heterocycles. The SMILES string of the molecule is CC(=O)C(c1ccccc1)N1CCC(C)(O)CC1. The number of carbonyl (C=O) groups excluding carboxylic acids is 1. The van der Waals surface area contributed by atoms with Gasteiger partial charge in [0.05, 0.1) is 11.6 Å². The Kier molecular flexibility index (Phi) is 3.83. The molecule has 1 fully saturated rings. The third-order valence-electron chi connectivity index (χ3n) is 3.74. The number of ketones is 1. The molecule has 1 saturated heterocycles. The highest BCUT2D eigenvalue weighted by molar-refractivity contribution is 5.82. The Hall–Kier alpha value is -1.19. The van der Waals surface area contributed by atoms with Crippen LogP contribution < -0.4 is 0 Å². The van der Waals surface area contributed by atoms with Crippen LogP contribution in [0.1, 0.15) is 38.3 Å². The minimum absolute atomic E-state index is 0.165. The fraction of sp³-hybridized carbons (Fsp3) is 0.533. The molecule has 0 amide bonds. The van der Waals surface area contributed by atoms with Gasteiger partial charge < -0.3 is 5.11 Å². The molecular weight excluding hydrogens is 226 g/mol. The molecule has 1 aromatic carbocycles. The summed E-state index contributed by atoms with van der Waals surface area (Å²) in [5.41, 5.74) is 0.473. The van der Waals surface area contributed by atoms with Gasteiger partial charge in [-0.2, -0.15) is 0 Å². The number of likely N-dealkylation sites (tertiary alicyclic amines) is 1.